The molecule has 0 fully saturated rings. The van der Waals surface area contributed by atoms with Crippen LogP contribution in [0.15, 0.2) is 66.7 Å². The van der Waals surface area contributed by atoms with Crippen molar-refractivity contribution in [3.63, 3.8) is 0 Å². The number of rotatable bonds is 3. The first-order valence-corrected chi connectivity index (χ1v) is 8.88. The third-order valence-electron chi connectivity index (χ3n) is 4.45. The summed E-state index contributed by atoms with van der Waals surface area (Å²) in [6.45, 7) is 3.03. The fraction of sp³-hybridized carbons (Fsp3) is 0.0952. The lowest BCUT2D eigenvalue weighted by Gasteiger charge is -2.08. The average molecular weight is 364 g/mol. The lowest BCUT2D eigenvalue weighted by Crippen LogP contribution is -2.19. The largest absolute Gasteiger partial charge is 0.341 e. The van der Waals surface area contributed by atoms with Crippen LogP contribution in [0.1, 0.15) is 6.92 Å². The molecular weight excluding hydrogens is 346 g/mol. The molecule has 0 spiro atoms. The van der Waals surface area contributed by atoms with E-state index in [0.29, 0.717) is 10.7 Å². The minimum absolute atomic E-state index is 0.286. The van der Waals surface area contributed by atoms with Crippen molar-refractivity contribution >= 4 is 50.8 Å². The summed E-state index contributed by atoms with van der Waals surface area (Å²) in [6.07, 6.45) is 0. The molecule has 0 aliphatic rings. The second-order valence-electron chi connectivity index (χ2n) is 6.08. The Hall–Kier alpha value is -2.98. The highest BCUT2D eigenvalue weighted by Crippen LogP contribution is 2.31. The summed E-state index contributed by atoms with van der Waals surface area (Å²) < 4.78 is 2.28. The zero-order valence-electron chi connectivity index (χ0n) is 14.3. The Labute approximate surface area is 156 Å². The molecule has 4 rings (SSSR count). The van der Waals surface area contributed by atoms with E-state index in [1.807, 2.05) is 24.3 Å². The van der Waals surface area contributed by atoms with Crippen LogP contribution in [-0.4, -0.2) is 10.6 Å². The number of fused-ring (bicyclic) bond motifs is 3. The molecule has 1 aromatic heterocycles. The molecule has 4 aromatic rings. The summed E-state index contributed by atoms with van der Waals surface area (Å²) in [6, 6.07) is 21.0. The van der Waals surface area contributed by atoms with Crippen molar-refractivity contribution in [2.75, 3.05) is 10.6 Å². The van der Waals surface area contributed by atoms with Crippen LogP contribution in [0.2, 0.25) is 5.02 Å². The summed E-state index contributed by atoms with van der Waals surface area (Å²) in [4.78, 5) is 12.3. The standard InChI is InChI=1S/C21H18ClN3O/c1-2-25-19-6-4-3-5-17(19)18-13-16(11-12-20(18)25)24-21(26)23-15-9-7-14(22)8-10-15/h3-13H,2H2,1H3,(H2,23,24,26). The van der Waals surface area contributed by atoms with Gasteiger partial charge in [-0.1, -0.05) is 29.8 Å². The number of urea groups is 1. The van der Waals surface area contributed by atoms with Gasteiger partial charge in [-0.05, 0) is 55.5 Å². The highest BCUT2D eigenvalue weighted by Gasteiger charge is 2.10. The van der Waals surface area contributed by atoms with Gasteiger partial charge in [0.05, 0.1) is 0 Å². The number of amides is 2. The number of carbonyl (C=O) groups excluding carboxylic acids is 1. The van der Waals surface area contributed by atoms with Crippen LogP contribution >= 0.6 is 11.6 Å². The van der Waals surface area contributed by atoms with Gasteiger partial charge in [0.2, 0.25) is 0 Å². The number of carbonyl (C=O) groups is 1. The smallest absolute Gasteiger partial charge is 0.323 e. The Morgan fingerprint density at radius 1 is 0.885 bits per heavy atom. The molecule has 4 nitrogen and oxygen atoms in total. The van der Waals surface area contributed by atoms with Crippen LogP contribution in [-0.2, 0) is 6.54 Å². The quantitative estimate of drug-likeness (QED) is 0.453. The van der Waals surface area contributed by atoms with Crippen LogP contribution in [0.4, 0.5) is 16.2 Å². The summed E-state index contributed by atoms with van der Waals surface area (Å²) >= 11 is 5.86. The minimum Gasteiger partial charge on any atom is -0.341 e. The SMILES string of the molecule is CCn1c2ccccc2c2cc(NC(=O)Nc3ccc(Cl)cc3)ccc21. The summed E-state index contributed by atoms with van der Waals surface area (Å²) in [5.74, 6) is 0. The van der Waals surface area contributed by atoms with Crippen molar-refractivity contribution in [1.29, 1.82) is 0 Å². The van der Waals surface area contributed by atoms with Gasteiger partial charge in [0.15, 0.2) is 0 Å². The zero-order chi connectivity index (χ0) is 18.1. The number of aromatic nitrogens is 1. The maximum atomic E-state index is 12.3. The molecule has 0 saturated heterocycles. The number of halogens is 1. The molecule has 0 aliphatic carbocycles. The van der Waals surface area contributed by atoms with Gasteiger partial charge >= 0.3 is 6.03 Å². The normalized spacial score (nSPS) is 11.0. The van der Waals surface area contributed by atoms with E-state index >= 15 is 0 Å². The van der Waals surface area contributed by atoms with Crippen LogP contribution in [0.3, 0.4) is 0 Å². The lowest BCUT2D eigenvalue weighted by molar-refractivity contribution is 0.262. The van der Waals surface area contributed by atoms with Crippen molar-refractivity contribution in [3.8, 4) is 0 Å². The highest BCUT2D eigenvalue weighted by atomic mass is 35.5. The van der Waals surface area contributed by atoms with Crippen molar-refractivity contribution in [3.05, 3.63) is 71.8 Å². The number of aryl methyl sites for hydroxylation is 1. The fourth-order valence-corrected chi connectivity index (χ4v) is 3.42. The van der Waals surface area contributed by atoms with Gasteiger partial charge in [-0.25, -0.2) is 4.79 Å². The van der Waals surface area contributed by atoms with Crippen molar-refractivity contribution in [1.82, 2.24) is 4.57 Å². The van der Waals surface area contributed by atoms with Crippen molar-refractivity contribution in [2.45, 2.75) is 13.5 Å². The van der Waals surface area contributed by atoms with E-state index in [4.69, 9.17) is 11.6 Å². The molecule has 0 atom stereocenters. The Morgan fingerprint density at radius 2 is 1.54 bits per heavy atom. The van der Waals surface area contributed by atoms with Gasteiger partial charge in [0, 0.05) is 44.7 Å². The Bertz CT molecular complexity index is 1100. The number of hydrogen-bond donors (Lipinski definition) is 2. The molecule has 0 radical (unpaired) electrons. The molecule has 2 amide bonds. The number of anilines is 2. The van der Waals surface area contributed by atoms with Crippen LogP contribution in [0, 0.1) is 0 Å². The second-order valence-corrected chi connectivity index (χ2v) is 6.52. The first kappa shape index (κ1) is 16.5. The molecular formula is C21H18ClN3O. The molecule has 0 saturated carbocycles. The van der Waals surface area contributed by atoms with Gasteiger partial charge in [0.25, 0.3) is 0 Å². The van der Waals surface area contributed by atoms with E-state index in [9.17, 15) is 4.79 Å². The number of para-hydroxylation sites is 1. The van der Waals surface area contributed by atoms with E-state index in [2.05, 4.69) is 40.3 Å². The molecule has 3 aromatic carbocycles. The molecule has 0 unspecified atom stereocenters. The average Bonchev–Trinajstić information content (AvgIpc) is 2.97. The third kappa shape index (κ3) is 3.00. The van der Waals surface area contributed by atoms with E-state index in [0.717, 1.165) is 23.1 Å². The summed E-state index contributed by atoms with van der Waals surface area (Å²) in [7, 11) is 0. The van der Waals surface area contributed by atoms with Gasteiger partial charge in [-0.15, -0.1) is 0 Å². The predicted octanol–water partition coefficient (Wildman–Crippen LogP) is 6.11. The maximum Gasteiger partial charge on any atom is 0.323 e. The Morgan fingerprint density at radius 3 is 2.31 bits per heavy atom. The molecule has 2 N–H and O–H groups in total. The number of benzene rings is 3. The summed E-state index contributed by atoms with van der Waals surface area (Å²) in [5.41, 5.74) is 3.81. The fourth-order valence-electron chi connectivity index (χ4n) is 3.30. The van der Waals surface area contributed by atoms with Gasteiger partial charge in [-0.3, -0.25) is 0 Å². The van der Waals surface area contributed by atoms with Crippen LogP contribution in [0.5, 0.6) is 0 Å². The molecule has 0 aliphatic heterocycles. The molecule has 0 bridgehead atoms. The van der Waals surface area contributed by atoms with Crippen molar-refractivity contribution < 1.29 is 4.79 Å². The molecule has 5 heteroatoms. The molecule has 26 heavy (non-hydrogen) atoms. The maximum absolute atomic E-state index is 12.3. The van der Waals surface area contributed by atoms with Crippen LogP contribution in [0.25, 0.3) is 21.8 Å². The third-order valence-corrected chi connectivity index (χ3v) is 4.70. The molecule has 1 heterocycles. The van der Waals surface area contributed by atoms with Gasteiger partial charge in [-0.2, -0.15) is 0 Å². The summed E-state index contributed by atoms with van der Waals surface area (Å²) in [5, 5.41) is 8.65. The van der Waals surface area contributed by atoms with E-state index in [-0.39, 0.29) is 6.03 Å². The lowest BCUT2D eigenvalue weighted by atomic mass is 10.1. The minimum atomic E-state index is -0.286. The number of nitrogens with zero attached hydrogens (tertiary/aromatic N) is 1. The Kier molecular flexibility index (Phi) is 4.27. The first-order chi connectivity index (χ1) is 12.7. The number of hydrogen-bond acceptors (Lipinski definition) is 1. The van der Waals surface area contributed by atoms with Gasteiger partial charge < -0.3 is 15.2 Å². The Balaban J connectivity index is 1.64. The first-order valence-electron chi connectivity index (χ1n) is 8.50. The topological polar surface area (TPSA) is 46.1 Å². The van der Waals surface area contributed by atoms with Gasteiger partial charge in [0.1, 0.15) is 0 Å². The zero-order valence-corrected chi connectivity index (χ0v) is 15.0. The molecule has 130 valence electrons. The second kappa shape index (κ2) is 6.73. The monoisotopic (exact) mass is 363 g/mol. The van der Waals surface area contributed by atoms with E-state index in [1.165, 1.54) is 10.9 Å². The predicted molar refractivity (Wildman–Crippen MR) is 109 cm³/mol. The van der Waals surface area contributed by atoms with E-state index in [1.54, 1.807) is 24.3 Å². The van der Waals surface area contributed by atoms with Crippen LogP contribution < -0.4 is 10.6 Å². The van der Waals surface area contributed by atoms with E-state index < -0.39 is 0 Å². The highest BCUT2D eigenvalue weighted by molar-refractivity contribution is 6.30. The number of nitrogens with one attached hydrogen (secondary N) is 2. The van der Waals surface area contributed by atoms with Crippen molar-refractivity contribution in [2.24, 2.45) is 0 Å².